The van der Waals surface area contributed by atoms with Crippen molar-refractivity contribution in [1.82, 2.24) is 14.5 Å². The Bertz CT molecular complexity index is 541. The van der Waals surface area contributed by atoms with E-state index in [1.54, 1.807) is 39.3 Å². The lowest BCUT2D eigenvalue weighted by Gasteiger charge is -2.20. The van der Waals surface area contributed by atoms with Crippen molar-refractivity contribution in [2.24, 2.45) is 0 Å². The summed E-state index contributed by atoms with van der Waals surface area (Å²) in [5, 5.41) is 13.1. The van der Waals surface area contributed by atoms with Gasteiger partial charge in [-0.25, -0.2) is 13.1 Å². The molecule has 110 valence electrons. The number of rotatable bonds is 5. The van der Waals surface area contributed by atoms with Gasteiger partial charge in [-0.2, -0.15) is 5.10 Å². The van der Waals surface area contributed by atoms with Crippen molar-refractivity contribution in [3.63, 3.8) is 0 Å². The van der Waals surface area contributed by atoms with Crippen molar-refractivity contribution in [3.8, 4) is 0 Å². The van der Waals surface area contributed by atoms with Crippen LogP contribution in [0.2, 0.25) is 0 Å². The van der Waals surface area contributed by atoms with Crippen LogP contribution in [0.25, 0.3) is 0 Å². The summed E-state index contributed by atoms with van der Waals surface area (Å²) in [7, 11) is -3.58. The van der Waals surface area contributed by atoms with E-state index in [4.69, 9.17) is 5.11 Å². The minimum Gasteiger partial charge on any atom is -0.396 e. The van der Waals surface area contributed by atoms with Gasteiger partial charge in [0.25, 0.3) is 0 Å². The van der Waals surface area contributed by atoms with Crippen molar-refractivity contribution in [2.45, 2.75) is 58.0 Å². The summed E-state index contributed by atoms with van der Waals surface area (Å²) >= 11 is 0. The van der Waals surface area contributed by atoms with Gasteiger partial charge in [-0.3, -0.25) is 4.68 Å². The molecule has 6 nitrogen and oxygen atoms in total. The molecule has 0 aliphatic heterocycles. The van der Waals surface area contributed by atoms with Crippen LogP contribution >= 0.6 is 0 Å². The number of sulfonamides is 1. The highest BCUT2D eigenvalue weighted by Gasteiger charge is 2.28. The second-order valence-electron chi connectivity index (χ2n) is 5.66. The summed E-state index contributed by atoms with van der Waals surface area (Å²) in [5.74, 6) is 0. The molecule has 1 heterocycles. The molecule has 0 aliphatic carbocycles. The Morgan fingerprint density at radius 1 is 1.32 bits per heavy atom. The molecule has 0 spiro atoms. The van der Waals surface area contributed by atoms with E-state index in [1.807, 2.05) is 0 Å². The van der Waals surface area contributed by atoms with Crippen LogP contribution in [0.3, 0.4) is 0 Å². The molecule has 0 unspecified atom stereocenters. The number of nitrogens with one attached hydrogen (secondary N) is 1. The summed E-state index contributed by atoms with van der Waals surface area (Å²) in [6.07, 6.45) is 0.550. The van der Waals surface area contributed by atoms with Crippen LogP contribution in [0.15, 0.2) is 4.90 Å². The molecule has 1 aromatic rings. The Kier molecular flexibility index (Phi) is 4.76. The first-order chi connectivity index (χ1) is 8.58. The first-order valence-corrected chi connectivity index (χ1v) is 7.75. The van der Waals surface area contributed by atoms with Gasteiger partial charge in [0, 0.05) is 18.7 Å². The highest BCUT2D eigenvalue weighted by atomic mass is 32.2. The molecule has 0 aliphatic rings. The predicted molar refractivity (Wildman–Crippen MR) is 73.5 cm³/mol. The van der Waals surface area contributed by atoms with E-state index in [1.165, 1.54) is 0 Å². The monoisotopic (exact) mass is 289 g/mol. The van der Waals surface area contributed by atoms with Gasteiger partial charge in [0.2, 0.25) is 10.0 Å². The molecule has 0 saturated heterocycles. The van der Waals surface area contributed by atoms with E-state index in [0.717, 1.165) is 0 Å². The number of aliphatic hydroxyl groups is 1. The third-order valence-electron chi connectivity index (χ3n) is 2.55. The second kappa shape index (κ2) is 5.60. The number of aromatic nitrogens is 2. The molecular formula is C12H23N3O3S. The summed E-state index contributed by atoms with van der Waals surface area (Å²) in [6, 6.07) is 0. The Labute approximate surface area is 114 Å². The van der Waals surface area contributed by atoms with Crippen LogP contribution in [0.4, 0.5) is 0 Å². The minimum absolute atomic E-state index is 0.0562. The maximum absolute atomic E-state index is 12.4. The maximum atomic E-state index is 12.4. The quantitative estimate of drug-likeness (QED) is 0.845. The molecule has 0 saturated carbocycles. The van der Waals surface area contributed by atoms with E-state index >= 15 is 0 Å². The van der Waals surface area contributed by atoms with E-state index in [2.05, 4.69) is 9.82 Å². The summed E-state index contributed by atoms with van der Waals surface area (Å²) in [6.45, 7) is 9.37. The Hall–Kier alpha value is -0.920. The lowest BCUT2D eigenvalue weighted by atomic mass is 10.1. The fourth-order valence-corrected chi connectivity index (χ4v) is 3.79. The number of nitrogens with zero attached hydrogens (tertiary/aromatic N) is 2. The van der Waals surface area contributed by atoms with Gasteiger partial charge in [-0.15, -0.1) is 0 Å². The van der Waals surface area contributed by atoms with Gasteiger partial charge in [-0.05, 0) is 41.0 Å². The highest BCUT2D eigenvalue weighted by molar-refractivity contribution is 7.89. The number of aliphatic hydroxyl groups excluding tert-OH is 1. The molecule has 2 N–H and O–H groups in total. The molecule has 0 bridgehead atoms. The Morgan fingerprint density at radius 2 is 1.89 bits per heavy atom. The van der Waals surface area contributed by atoms with E-state index in [-0.39, 0.29) is 11.5 Å². The van der Waals surface area contributed by atoms with E-state index < -0.39 is 15.6 Å². The third-order valence-corrected chi connectivity index (χ3v) is 4.56. The highest BCUT2D eigenvalue weighted by Crippen LogP contribution is 2.21. The number of hydrogen-bond acceptors (Lipinski definition) is 4. The molecular weight excluding hydrogens is 266 g/mol. The zero-order valence-corrected chi connectivity index (χ0v) is 13.0. The minimum atomic E-state index is -3.58. The van der Waals surface area contributed by atoms with Crippen LogP contribution in [0, 0.1) is 13.8 Å². The summed E-state index contributed by atoms with van der Waals surface area (Å²) < 4.78 is 29.0. The van der Waals surface area contributed by atoms with E-state index in [9.17, 15) is 8.42 Å². The lowest BCUT2D eigenvalue weighted by Crippen LogP contribution is -2.40. The van der Waals surface area contributed by atoms with Crippen molar-refractivity contribution in [2.75, 3.05) is 6.61 Å². The molecule has 1 aromatic heterocycles. The topological polar surface area (TPSA) is 84.2 Å². The van der Waals surface area contributed by atoms with Crippen LogP contribution in [0.5, 0.6) is 0 Å². The second-order valence-corrected chi connectivity index (χ2v) is 7.27. The largest absolute Gasteiger partial charge is 0.396 e. The molecule has 0 radical (unpaired) electrons. The average Bonchev–Trinajstić information content (AvgIpc) is 2.47. The van der Waals surface area contributed by atoms with Crippen LogP contribution in [-0.4, -0.2) is 35.5 Å². The first kappa shape index (κ1) is 16.1. The number of aryl methyl sites for hydroxylation is 2. The molecule has 1 rings (SSSR count). The normalized spacial score (nSPS) is 12.9. The Balaban J connectivity index is 3.17. The van der Waals surface area contributed by atoms with Gasteiger partial charge >= 0.3 is 0 Å². The smallest absolute Gasteiger partial charge is 0.244 e. The van der Waals surface area contributed by atoms with Crippen molar-refractivity contribution < 1.29 is 13.5 Å². The summed E-state index contributed by atoms with van der Waals surface area (Å²) in [5.41, 5.74) is 0.542. The van der Waals surface area contributed by atoms with Gasteiger partial charge in [0.05, 0.1) is 11.4 Å². The lowest BCUT2D eigenvalue weighted by molar-refractivity contribution is 0.276. The summed E-state index contributed by atoms with van der Waals surface area (Å²) in [4.78, 5) is 0.236. The molecule has 0 amide bonds. The van der Waals surface area contributed by atoms with Crippen LogP contribution < -0.4 is 4.72 Å². The first-order valence-electron chi connectivity index (χ1n) is 6.27. The molecule has 19 heavy (non-hydrogen) atoms. The van der Waals surface area contributed by atoms with Crippen LogP contribution in [-0.2, 0) is 16.6 Å². The van der Waals surface area contributed by atoms with Crippen molar-refractivity contribution in [1.29, 1.82) is 0 Å². The van der Waals surface area contributed by atoms with Gasteiger partial charge < -0.3 is 5.11 Å². The predicted octanol–water partition coefficient (Wildman–Crippen LogP) is 0.959. The maximum Gasteiger partial charge on any atom is 0.244 e. The molecule has 0 aromatic carbocycles. The molecule has 0 atom stereocenters. The van der Waals surface area contributed by atoms with Gasteiger partial charge in [0.15, 0.2) is 0 Å². The SMILES string of the molecule is Cc1nn(CCCO)c(C)c1S(=O)(=O)NC(C)(C)C. The van der Waals surface area contributed by atoms with Crippen molar-refractivity contribution in [3.05, 3.63) is 11.4 Å². The fraction of sp³-hybridized carbons (Fsp3) is 0.750. The Morgan fingerprint density at radius 3 is 2.37 bits per heavy atom. The number of hydrogen-bond donors (Lipinski definition) is 2. The zero-order chi connectivity index (χ0) is 14.8. The van der Waals surface area contributed by atoms with Gasteiger partial charge in [-0.1, -0.05) is 0 Å². The van der Waals surface area contributed by atoms with Crippen LogP contribution in [0.1, 0.15) is 38.6 Å². The average molecular weight is 289 g/mol. The third kappa shape index (κ3) is 4.02. The molecule has 7 heteroatoms. The van der Waals surface area contributed by atoms with Gasteiger partial charge in [0.1, 0.15) is 4.90 Å². The zero-order valence-electron chi connectivity index (χ0n) is 12.2. The van der Waals surface area contributed by atoms with E-state index in [0.29, 0.717) is 24.4 Å². The fourth-order valence-electron chi connectivity index (χ4n) is 1.96. The standard InChI is InChI=1S/C12H23N3O3S/c1-9-11(19(17,18)14-12(3,4)5)10(2)15(13-9)7-6-8-16/h14,16H,6-8H2,1-5H3. The van der Waals surface area contributed by atoms with Crippen molar-refractivity contribution >= 4 is 10.0 Å². The molecule has 0 fully saturated rings.